The highest BCUT2D eigenvalue weighted by molar-refractivity contribution is 5.93. The summed E-state index contributed by atoms with van der Waals surface area (Å²) < 4.78 is 5.20. The molecule has 1 aliphatic rings. The Labute approximate surface area is 88.8 Å². The summed E-state index contributed by atoms with van der Waals surface area (Å²) in [4.78, 5) is 15.6. The van der Waals surface area contributed by atoms with Crippen LogP contribution in [0.15, 0.2) is 36.4 Å². The molecule has 0 N–H and O–H groups in total. The van der Waals surface area contributed by atoms with E-state index in [0.29, 0.717) is 18.8 Å². The molecule has 0 bridgehead atoms. The van der Waals surface area contributed by atoms with Crippen molar-refractivity contribution < 1.29 is 9.53 Å². The number of aromatic nitrogens is 1. The van der Waals surface area contributed by atoms with Crippen LogP contribution >= 0.6 is 0 Å². The minimum atomic E-state index is 0.0938. The second-order valence-corrected chi connectivity index (χ2v) is 3.49. The lowest BCUT2D eigenvalue weighted by Gasteiger charge is -2.02. The maximum absolute atomic E-state index is 11.6. The molecular formula is C12H13NO2. The summed E-state index contributed by atoms with van der Waals surface area (Å²) in [5, 5.41) is 0. The van der Waals surface area contributed by atoms with E-state index in [2.05, 4.69) is 4.98 Å². The molecule has 0 saturated carbocycles. The largest absolute Gasteiger partial charge is 0.490 e. The zero-order valence-electron chi connectivity index (χ0n) is 8.48. The Hall–Kier alpha value is -1.64. The van der Waals surface area contributed by atoms with Crippen LogP contribution in [0.2, 0.25) is 0 Å². The maximum atomic E-state index is 11.6. The number of carbonyl (C=O) groups is 1. The molecule has 3 nitrogen and oxygen atoms in total. The van der Waals surface area contributed by atoms with Gasteiger partial charge in [0.1, 0.15) is 0 Å². The van der Waals surface area contributed by atoms with Crippen molar-refractivity contribution in [3.05, 3.63) is 41.9 Å². The fourth-order valence-electron chi connectivity index (χ4n) is 1.54. The van der Waals surface area contributed by atoms with Gasteiger partial charge < -0.3 is 4.74 Å². The first-order valence-corrected chi connectivity index (χ1v) is 5.11. The van der Waals surface area contributed by atoms with Gasteiger partial charge in [0.15, 0.2) is 11.5 Å². The van der Waals surface area contributed by atoms with E-state index in [9.17, 15) is 4.79 Å². The predicted molar refractivity (Wildman–Crippen MR) is 56.2 cm³/mol. The van der Waals surface area contributed by atoms with Crippen molar-refractivity contribution in [2.75, 3.05) is 6.61 Å². The van der Waals surface area contributed by atoms with Crippen molar-refractivity contribution in [2.24, 2.45) is 0 Å². The van der Waals surface area contributed by atoms with Gasteiger partial charge in [0, 0.05) is 25.2 Å². The Morgan fingerprint density at radius 1 is 1.53 bits per heavy atom. The quantitative estimate of drug-likeness (QED) is 0.750. The zero-order valence-corrected chi connectivity index (χ0v) is 8.48. The van der Waals surface area contributed by atoms with E-state index in [1.807, 2.05) is 18.2 Å². The van der Waals surface area contributed by atoms with Gasteiger partial charge in [0.25, 0.3) is 0 Å². The van der Waals surface area contributed by atoms with Gasteiger partial charge in [0.05, 0.1) is 6.61 Å². The Balaban J connectivity index is 1.86. The molecule has 15 heavy (non-hydrogen) atoms. The smallest absolute Gasteiger partial charge is 0.197 e. The van der Waals surface area contributed by atoms with Crippen molar-refractivity contribution in [3.63, 3.8) is 0 Å². The molecule has 0 aliphatic carbocycles. The highest BCUT2D eigenvalue weighted by Crippen LogP contribution is 2.13. The van der Waals surface area contributed by atoms with Crippen LogP contribution in [-0.2, 0) is 16.0 Å². The van der Waals surface area contributed by atoms with Crippen LogP contribution in [0, 0.1) is 0 Å². The summed E-state index contributed by atoms with van der Waals surface area (Å²) >= 11 is 0. The number of nitrogens with zero attached hydrogens (tertiary/aromatic N) is 1. The molecule has 2 rings (SSSR count). The van der Waals surface area contributed by atoms with E-state index in [-0.39, 0.29) is 5.78 Å². The molecule has 1 aromatic rings. The lowest BCUT2D eigenvalue weighted by molar-refractivity contribution is -0.118. The van der Waals surface area contributed by atoms with Crippen LogP contribution in [0.1, 0.15) is 18.4 Å². The molecule has 3 heteroatoms. The first-order chi connectivity index (χ1) is 7.36. The molecule has 0 atom stereocenters. The number of ether oxygens (including phenoxy) is 1. The highest BCUT2D eigenvalue weighted by atomic mass is 16.5. The number of ketones is 1. The SMILES string of the molecule is O=C(CCc1cccnc1)C1=CCCO1. The van der Waals surface area contributed by atoms with E-state index >= 15 is 0 Å². The molecule has 1 aliphatic heterocycles. The number of Topliss-reactive ketones (excluding diaryl/α,β-unsaturated/α-hetero) is 1. The van der Waals surface area contributed by atoms with E-state index < -0.39 is 0 Å². The standard InChI is InChI=1S/C12H13NO2/c14-11(12-4-2-8-15-12)6-5-10-3-1-7-13-9-10/h1,3-4,7,9H,2,5-6,8H2. The second-order valence-electron chi connectivity index (χ2n) is 3.49. The number of carbonyl (C=O) groups excluding carboxylic acids is 1. The second kappa shape index (κ2) is 4.73. The predicted octanol–water partition coefficient (Wildman–Crippen LogP) is 1.89. The lowest BCUT2D eigenvalue weighted by Crippen LogP contribution is -2.04. The fraction of sp³-hybridized carbons (Fsp3) is 0.333. The summed E-state index contributed by atoms with van der Waals surface area (Å²) in [7, 11) is 0. The number of rotatable bonds is 4. The molecule has 78 valence electrons. The summed E-state index contributed by atoms with van der Waals surface area (Å²) in [6, 6.07) is 3.86. The van der Waals surface area contributed by atoms with E-state index in [1.165, 1.54) is 0 Å². The van der Waals surface area contributed by atoms with Crippen LogP contribution in [0.4, 0.5) is 0 Å². The minimum Gasteiger partial charge on any atom is -0.490 e. The van der Waals surface area contributed by atoms with Crippen LogP contribution in [0.5, 0.6) is 0 Å². The molecule has 0 spiro atoms. The van der Waals surface area contributed by atoms with Crippen molar-refractivity contribution in [1.82, 2.24) is 4.98 Å². The topological polar surface area (TPSA) is 39.2 Å². The monoisotopic (exact) mass is 203 g/mol. The average molecular weight is 203 g/mol. The van der Waals surface area contributed by atoms with Gasteiger partial charge >= 0.3 is 0 Å². The highest BCUT2D eigenvalue weighted by Gasteiger charge is 2.14. The fourth-order valence-corrected chi connectivity index (χ4v) is 1.54. The first-order valence-electron chi connectivity index (χ1n) is 5.11. The molecular weight excluding hydrogens is 190 g/mol. The third-order valence-electron chi connectivity index (χ3n) is 2.34. The molecule has 0 unspecified atom stereocenters. The summed E-state index contributed by atoms with van der Waals surface area (Å²) in [6.07, 6.45) is 7.47. The van der Waals surface area contributed by atoms with Gasteiger partial charge in [-0.3, -0.25) is 9.78 Å². The van der Waals surface area contributed by atoms with Crippen LogP contribution in [-0.4, -0.2) is 17.4 Å². The summed E-state index contributed by atoms with van der Waals surface area (Å²) in [6.45, 7) is 0.647. The van der Waals surface area contributed by atoms with Gasteiger partial charge in [-0.05, 0) is 24.1 Å². The van der Waals surface area contributed by atoms with Gasteiger partial charge in [0.2, 0.25) is 0 Å². The molecule has 0 fully saturated rings. The Morgan fingerprint density at radius 3 is 3.13 bits per heavy atom. The molecule has 1 aromatic heterocycles. The number of hydrogen-bond donors (Lipinski definition) is 0. The number of allylic oxidation sites excluding steroid dienone is 1. The molecule has 0 aromatic carbocycles. The van der Waals surface area contributed by atoms with Gasteiger partial charge in [-0.25, -0.2) is 0 Å². The zero-order chi connectivity index (χ0) is 10.5. The van der Waals surface area contributed by atoms with Gasteiger partial charge in [-0.15, -0.1) is 0 Å². The lowest BCUT2D eigenvalue weighted by atomic mass is 10.1. The Kier molecular flexibility index (Phi) is 3.12. The van der Waals surface area contributed by atoms with Gasteiger partial charge in [-0.2, -0.15) is 0 Å². The third kappa shape index (κ3) is 2.65. The van der Waals surface area contributed by atoms with Crippen LogP contribution in [0.25, 0.3) is 0 Å². The van der Waals surface area contributed by atoms with Crippen molar-refractivity contribution in [2.45, 2.75) is 19.3 Å². The number of hydrogen-bond acceptors (Lipinski definition) is 3. The van der Waals surface area contributed by atoms with Crippen LogP contribution in [0.3, 0.4) is 0 Å². The van der Waals surface area contributed by atoms with Crippen molar-refractivity contribution >= 4 is 5.78 Å². The summed E-state index contributed by atoms with van der Waals surface area (Å²) in [5.74, 6) is 0.634. The molecule has 2 heterocycles. The maximum Gasteiger partial charge on any atom is 0.197 e. The Morgan fingerprint density at radius 2 is 2.47 bits per heavy atom. The first kappa shape index (κ1) is 9.90. The van der Waals surface area contributed by atoms with Crippen LogP contribution < -0.4 is 0 Å². The molecule has 0 saturated heterocycles. The van der Waals surface area contributed by atoms with E-state index in [0.717, 1.165) is 18.4 Å². The summed E-state index contributed by atoms with van der Waals surface area (Å²) in [5.41, 5.74) is 1.09. The molecule has 0 amide bonds. The average Bonchev–Trinajstić information content (AvgIpc) is 2.81. The van der Waals surface area contributed by atoms with E-state index in [1.54, 1.807) is 12.4 Å². The number of pyridine rings is 1. The normalized spacial score (nSPS) is 14.5. The Bertz CT molecular complexity index is 370. The molecule has 0 radical (unpaired) electrons. The van der Waals surface area contributed by atoms with E-state index in [4.69, 9.17) is 4.74 Å². The van der Waals surface area contributed by atoms with Crippen molar-refractivity contribution in [1.29, 1.82) is 0 Å². The van der Waals surface area contributed by atoms with Crippen molar-refractivity contribution in [3.8, 4) is 0 Å². The third-order valence-corrected chi connectivity index (χ3v) is 2.34. The number of aryl methyl sites for hydroxylation is 1. The van der Waals surface area contributed by atoms with Gasteiger partial charge in [-0.1, -0.05) is 6.07 Å². The minimum absolute atomic E-state index is 0.0938.